The molecular weight excluding hydrogens is 174 g/mol. The zero-order chi connectivity index (χ0) is 10.0. The van der Waals surface area contributed by atoms with E-state index in [1.807, 2.05) is 0 Å². The van der Waals surface area contributed by atoms with E-state index in [2.05, 4.69) is 11.8 Å². The van der Waals surface area contributed by atoms with Crippen LogP contribution in [0.5, 0.6) is 0 Å². The Hall–Kier alpha value is -0.370. The summed E-state index contributed by atoms with van der Waals surface area (Å²) in [6.07, 6.45) is 7.90. The molecule has 1 aliphatic carbocycles. The van der Waals surface area contributed by atoms with E-state index >= 15 is 0 Å². The number of nitrogens with zero attached hydrogens (tertiary/aromatic N) is 1. The molecule has 0 N–H and O–H groups in total. The normalized spacial score (nSPS) is 35.1. The lowest BCUT2D eigenvalue weighted by molar-refractivity contribution is -0.133. The second-order valence-corrected chi connectivity index (χ2v) is 4.71. The van der Waals surface area contributed by atoms with Crippen LogP contribution in [0, 0.1) is 0 Å². The van der Waals surface area contributed by atoms with Crippen LogP contribution in [0.2, 0.25) is 0 Å². The lowest BCUT2D eigenvalue weighted by atomic mass is 9.77. The van der Waals surface area contributed by atoms with E-state index in [9.17, 15) is 4.79 Å². The van der Waals surface area contributed by atoms with Crippen molar-refractivity contribution < 1.29 is 4.79 Å². The maximum Gasteiger partial charge on any atom is 0.153 e. The van der Waals surface area contributed by atoms with Gasteiger partial charge >= 0.3 is 0 Å². The molecule has 1 saturated carbocycles. The molecule has 1 heterocycles. The summed E-state index contributed by atoms with van der Waals surface area (Å²) >= 11 is 0. The van der Waals surface area contributed by atoms with E-state index in [-0.39, 0.29) is 5.54 Å². The summed E-state index contributed by atoms with van der Waals surface area (Å²) < 4.78 is 0. The van der Waals surface area contributed by atoms with Gasteiger partial charge in [-0.3, -0.25) is 9.69 Å². The molecule has 2 heteroatoms. The Balaban J connectivity index is 2.17. The molecule has 0 aromatic rings. The highest BCUT2D eigenvalue weighted by molar-refractivity contribution is 5.89. The number of ketones is 1. The summed E-state index contributed by atoms with van der Waals surface area (Å²) in [5.41, 5.74) is -0.0469. The van der Waals surface area contributed by atoms with Crippen molar-refractivity contribution in [2.24, 2.45) is 0 Å². The van der Waals surface area contributed by atoms with Gasteiger partial charge in [-0.1, -0.05) is 13.3 Å². The second-order valence-electron chi connectivity index (χ2n) is 4.71. The first-order chi connectivity index (χ1) is 6.79. The summed E-state index contributed by atoms with van der Waals surface area (Å²) in [5, 5.41) is 0. The van der Waals surface area contributed by atoms with Crippen LogP contribution in [0.1, 0.15) is 51.9 Å². The fraction of sp³-hybridized carbons (Fsp3) is 0.917. The third-order valence-electron chi connectivity index (χ3n) is 4.06. The van der Waals surface area contributed by atoms with Crippen LogP contribution in [0.4, 0.5) is 0 Å². The van der Waals surface area contributed by atoms with Crippen molar-refractivity contribution in [3.05, 3.63) is 0 Å². The molecule has 80 valence electrons. The van der Waals surface area contributed by atoms with Gasteiger partial charge in [-0.15, -0.1) is 0 Å². The Labute approximate surface area is 86.7 Å². The number of carbonyl (C=O) groups excluding carboxylic acids is 1. The van der Waals surface area contributed by atoms with Crippen molar-refractivity contribution in [1.29, 1.82) is 0 Å². The second kappa shape index (κ2) is 4.01. The number of Topliss-reactive ketones (excluding diaryl/α,β-unsaturated/α-hetero) is 1. The SMILES string of the molecule is CC[C@]1(N2CCCC2)CCCCC1=O. The highest BCUT2D eigenvalue weighted by Gasteiger charge is 2.43. The average Bonchev–Trinajstić information content (AvgIpc) is 2.72. The number of rotatable bonds is 2. The smallest absolute Gasteiger partial charge is 0.153 e. The minimum Gasteiger partial charge on any atom is -0.298 e. The molecule has 2 fully saturated rings. The van der Waals surface area contributed by atoms with E-state index in [0.29, 0.717) is 5.78 Å². The molecule has 0 radical (unpaired) electrons. The van der Waals surface area contributed by atoms with Crippen LogP contribution < -0.4 is 0 Å². The van der Waals surface area contributed by atoms with Crippen molar-refractivity contribution in [3.63, 3.8) is 0 Å². The predicted molar refractivity (Wildman–Crippen MR) is 57.3 cm³/mol. The molecule has 0 spiro atoms. The highest BCUT2D eigenvalue weighted by atomic mass is 16.1. The Morgan fingerprint density at radius 2 is 1.93 bits per heavy atom. The van der Waals surface area contributed by atoms with Crippen LogP contribution in [-0.2, 0) is 4.79 Å². The maximum atomic E-state index is 12.1. The van der Waals surface area contributed by atoms with Crippen molar-refractivity contribution in [2.45, 2.75) is 57.4 Å². The third kappa shape index (κ3) is 1.50. The maximum absolute atomic E-state index is 12.1. The minimum absolute atomic E-state index is 0.0469. The Kier molecular flexibility index (Phi) is 2.91. The van der Waals surface area contributed by atoms with E-state index in [1.54, 1.807) is 0 Å². The molecule has 0 aromatic heterocycles. The van der Waals surface area contributed by atoms with Gasteiger partial charge < -0.3 is 0 Å². The molecule has 14 heavy (non-hydrogen) atoms. The molecule has 0 amide bonds. The molecule has 0 unspecified atom stereocenters. The highest BCUT2D eigenvalue weighted by Crippen LogP contribution is 2.35. The summed E-state index contributed by atoms with van der Waals surface area (Å²) in [4.78, 5) is 14.6. The van der Waals surface area contributed by atoms with E-state index in [0.717, 1.165) is 38.8 Å². The van der Waals surface area contributed by atoms with Gasteiger partial charge in [-0.05, 0) is 45.2 Å². The van der Waals surface area contributed by atoms with Crippen molar-refractivity contribution in [1.82, 2.24) is 4.90 Å². The molecule has 1 aliphatic heterocycles. The zero-order valence-electron chi connectivity index (χ0n) is 9.22. The van der Waals surface area contributed by atoms with Crippen LogP contribution >= 0.6 is 0 Å². The van der Waals surface area contributed by atoms with Gasteiger partial charge in [0.25, 0.3) is 0 Å². The largest absolute Gasteiger partial charge is 0.298 e. The molecule has 0 aromatic carbocycles. The quantitative estimate of drug-likeness (QED) is 0.674. The van der Waals surface area contributed by atoms with Gasteiger partial charge in [0, 0.05) is 6.42 Å². The molecule has 1 saturated heterocycles. The van der Waals surface area contributed by atoms with E-state index in [1.165, 1.54) is 19.3 Å². The molecule has 2 nitrogen and oxygen atoms in total. The monoisotopic (exact) mass is 195 g/mol. The topological polar surface area (TPSA) is 20.3 Å². The first-order valence-corrected chi connectivity index (χ1v) is 6.08. The Morgan fingerprint density at radius 1 is 1.21 bits per heavy atom. The van der Waals surface area contributed by atoms with Gasteiger partial charge in [0.1, 0.15) is 0 Å². The zero-order valence-corrected chi connectivity index (χ0v) is 9.22. The summed E-state index contributed by atoms with van der Waals surface area (Å²) in [7, 11) is 0. The standard InChI is InChI=1S/C12H21NO/c1-2-12(13-9-5-6-10-13)8-4-3-7-11(12)14/h2-10H2,1H3/t12-/m0/s1. The lowest BCUT2D eigenvalue weighted by Gasteiger charge is -2.42. The third-order valence-corrected chi connectivity index (χ3v) is 4.06. The lowest BCUT2D eigenvalue weighted by Crippen LogP contribution is -2.54. The van der Waals surface area contributed by atoms with Crippen molar-refractivity contribution in [2.75, 3.05) is 13.1 Å². The minimum atomic E-state index is -0.0469. The van der Waals surface area contributed by atoms with Crippen LogP contribution in [0.15, 0.2) is 0 Å². The fourth-order valence-electron chi connectivity index (χ4n) is 3.15. The molecular formula is C12H21NO. The fourth-order valence-corrected chi connectivity index (χ4v) is 3.15. The Bertz CT molecular complexity index is 220. The number of hydrogen-bond acceptors (Lipinski definition) is 2. The summed E-state index contributed by atoms with van der Waals surface area (Å²) in [5.74, 6) is 0.521. The first kappa shape index (κ1) is 10.2. The molecule has 0 bridgehead atoms. The van der Waals surface area contributed by atoms with E-state index in [4.69, 9.17) is 0 Å². The van der Waals surface area contributed by atoms with Gasteiger partial charge in [-0.2, -0.15) is 0 Å². The van der Waals surface area contributed by atoms with Crippen LogP contribution in [0.25, 0.3) is 0 Å². The molecule has 2 aliphatic rings. The number of hydrogen-bond donors (Lipinski definition) is 0. The van der Waals surface area contributed by atoms with E-state index < -0.39 is 0 Å². The van der Waals surface area contributed by atoms with Crippen molar-refractivity contribution in [3.8, 4) is 0 Å². The van der Waals surface area contributed by atoms with Gasteiger partial charge in [0.15, 0.2) is 5.78 Å². The first-order valence-electron chi connectivity index (χ1n) is 6.08. The van der Waals surface area contributed by atoms with Crippen molar-refractivity contribution >= 4 is 5.78 Å². The van der Waals surface area contributed by atoms with Crippen LogP contribution in [0.3, 0.4) is 0 Å². The summed E-state index contributed by atoms with van der Waals surface area (Å²) in [6.45, 7) is 4.49. The summed E-state index contributed by atoms with van der Waals surface area (Å²) in [6, 6.07) is 0. The van der Waals surface area contributed by atoms with Gasteiger partial charge in [0.05, 0.1) is 5.54 Å². The predicted octanol–water partition coefficient (Wildman–Crippen LogP) is 2.37. The Morgan fingerprint density at radius 3 is 2.50 bits per heavy atom. The molecule has 1 atom stereocenters. The molecule has 2 rings (SSSR count). The van der Waals surface area contributed by atoms with Crippen LogP contribution in [-0.4, -0.2) is 29.3 Å². The number of likely N-dealkylation sites (tertiary alicyclic amines) is 1. The average molecular weight is 195 g/mol. The number of carbonyl (C=O) groups is 1. The van der Waals surface area contributed by atoms with Gasteiger partial charge in [0.2, 0.25) is 0 Å². The van der Waals surface area contributed by atoms with Gasteiger partial charge in [-0.25, -0.2) is 0 Å².